The Morgan fingerprint density at radius 2 is 1.91 bits per heavy atom. The maximum atomic E-state index is 11.8. The number of aliphatic hydroxyl groups is 2. The molecule has 9 heteroatoms. The van der Waals surface area contributed by atoms with E-state index in [0.717, 1.165) is 11.1 Å². The summed E-state index contributed by atoms with van der Waals surface area (Å²) < 4.78 is 8.03. The van der Waals surface area contributed by atoms with E-state index in [1.807, 2.05) is 56.7 Å². The number of ether oxygens (including phenoxy) is 1. The summed E-state index contributed by atoms with van der Waals surface area (Å²) in [7, 11) is 0. The Hall–Kier alpha value is -3.17. The minimum atomic E-state index is -1.11. The lowest BCUT2D eigenvalue weighted by Crippen LogP contribution is -2.44. The fourth-order valence-electron chi connectivity index (χ4n) is 4.40. The maximum Gasteiger partial charge on any atom is 0.408 e. The van der Waals surface area contributed by atoms with Gasteiger partial charge in [0, 0.05) is 29.1 Å². The molecular formula is C24H30N4O5. The lowest BCUT2D eigenvalue weighted by atomic mass is 10.0. The Morgan fingerprint density at radius 1 is 1.18 bits per heavy atom. The van der Waals surface area contributed by atoms with Gasteiger partial charge in [-0.1, -0.05) is 18.2 Å². The van der Waals surface area contributed by atoms with Crippen LogP contribution in [0.5, 0.6) is 5.75 Å². The van der Waals surface area contributed by atoms with E-state index in [1.54, 1.807) is 12.1 Å². The number of hydrogen-bond donors (Lipinski definition) is 3. The zero-order valence-electron chi connectivity index (χ0n) is 19.2. The van der Waals surface area contributed by atoms with Crippen molar-refractivity contribution in [3.05, 3.63) is 54.1 Å². The van der Waals surface area contributed by atoms with Gasteiger partial charge in [-0.15, -0.1) is 0 Å². The van der Waals surface area contributed by atoms with Crippen LogP contribution < -0.4 is 4.74 Å². The van der Waals surface area contributed by atoms with E-state index in [0.29, 0.717) is 23.4 Å². The first kappa shape index (κ1) is 23.0. The van der Waals surface area contributed by atoms with Crippen LogP contribution in [0.15, 0.2) is 42.9 Å². The number of aliphatic hydroxyl groups excluding tert-OH is 2. The van der Waals surface area contributed by atoms with Crippen LogP contribution in [-0.2, 0) is 6.54 Å². The van der Waals surface area contributed by atoms with Gasteiger partial charge in [-0.25, -0.2) is 14.8 Å². The van der Waals surface area contributed by atoms with Crippen LogP contribution in [0.2, 0.25) is 0 Å². The number of aromatic nitrogens is 3. The molecule has 0 saturated heterocycles. The number of amides is 1. The first-order valence-corrected chi connectivity index (χ1v) is 11.0. The number of aryl methyl sites for hydroxylation is 1. The molecule has 1 saturated carbocycles. The van der Waals surface area contributed by atoms with Gasteiger partial charge in [0.05, 0.1) is 18.3 Å². The predicted molar refractivity (Wildman–Crippen MR) is 122 cm³/mol. The fourth-order valence-corrected chi connectivity index (χ4v) is 4.40. The summed E-state index contributed by atoms with van der Waals surface area (Å²) in [6.45, 7) is 7.54. The largest absolute Gasteiger partial charge is 0.487 e. The van der Waals surface area contributed by atoms with Crippen molar-refractivity contribution in [3.63, 3.8) is 0 Å². The van der Waals surface area contributed by atoms with Crippen molar-refractivity contribution in [3.8, 4) is 5.75 Å². The molecule has 1 amide bonds. The van der Waals surface area contributed by atoms with Crippen molar-refractivity contribution in [1.82, 2.24) is 19.4 Å². The number of para-hydroxylation sites is 1. The third kappa shape index (κ3) is 4.38. The van der Waals surface area contributed by atoms with E-state index in [9.17, 15) is 20.1 Å². The Labute approximate surface area is 192 Å². The normalized spacial score (nSPS) is 23.1. The zero-order valence-corrected chi connectivity index (χ0v) is 19.2. The number of carboxylic acid groups (broad SMARTS) is 1. The van der Waals surface area contributed by atoms with Crippen molar-refractivity contribution < 1.29 is 24.9 Å². The van der Waals surface area contributed by atoms with E-state index in [1.165, 1.54) is 11.2 Å². The molecule has 0 aliphatic heterocycles. The average Bonchev–Trinajstić information content (AvgIpc) is 3.29. The number of benzene rings is 1. The molecule has 0 radical (unpaired) electrons. The summed E-state index contributed by atoms with van der Waals surface area (Å²) in [5, 5.41) is 32.2. The van der Waals surface area contributed by atoms with E-state index < -0.39 is 36.0 Å². The molecule has 2 heterocycles. The Morgan fingerprint density at radius 3 is 2.61 bits per heavy atom. The quantitative estimate of drug-likeness (QED) is 0.542. The summed E-state index contributed by atoms with van der Waals surface area (Å²) in [5.41, 5.74) is 1.63. The van der Waals surface area contributed by atoms with Gasteiger partial charge < -0.3 is 24.6 Å². The highest BCUT2D eigenvalue weighted by Crippen LogP contribution is 2.37. The van der Waals surface area contributed by atoms with Crippen LogP contribution in [0.4, 0.5) is 4.79 Å². The summed E-state index contributed by atoms with van der Waals surface area (Å²) in [6.07, 6.45) is -0.146. The lowest BCUT2D eigenvalue weighted by molar-refractivity contribution is -0.0168. The molecule has 2 aromatic heterocycles. The van der Waals surface area contributed by atoms with E-state index >= 15 is 0 Å². The highest BCUT2D eigenvalue weighted by molar-refractivity contribution is 5.78. The van der Waals surface area contributed by atoms with Gasteiger partial charge in [0.2, 0.25) is 0 Å². The average molecular weight is 455 g/mol. The molecule has 3 N–H and O–H groups in total. The molecule has 1 fully saturated rings. The molecule has 176 valence electrons. The molecule has 9 nitrogen and oxygen atoms in total. The van der Waals surface area contributed by atoms with Crippen LogP contribution in [0.25, 0.3) is 11.0 Å². The SMILES string of the molecule is Cc1ncnc2c1ccn2[C@@H]1C[C@H](Oc2ccccc2CN(C(=O)O)C(C)(C)C)[C@@H](O)[C@H]1O. The number of carbonyl (C=O) groups is 1. The first-order chi connectivity index (χ1) is 15.6. The van der Waals surface area contributed by atoms with Gasteiger partial charge in [0.15, 0.2) is 0 Å². The summed E-state index contributed by atoms with van der Waals surface area (Å²) >= 11 is 0. The molecule has 4 atom stereocenters. The highest BCUT2D eigenvalue weighted by atomic mass is 16.5. The predicted octanol–water partition coefficient (Wildman–Crippen LogP) is 3.13. The van der Waals surface area contributed by atoms with Gasteiger partial charge >= 0.3 is 6.09 Å². The second-order valence-electron chi connectivity index (χ2n) is 9.51. The number of fused-ring (bicyclic) bond motifs is 1. The van der Waals surface area contributed by atoms with E-state index in [-0.39, 0.29) is 6.54 Å². The van der Waals surface area contributed by atoms with Crippen LogP contribution >= 0.6 is 0 Å². The van der Waals surface area contributed by atoms with Gasteiger partial charge in [-0.3, -0.25) is 4.90 Å². The Balaban J connectivity index is 1.58. The molecule has 0 spiro atoms. The minimum Gasteiger partial charge on any atom is -0.487 e. The molecule has 1 aromatic carbocycles. The molecular weight excluding hydrogens is 424 g/mol. The van der Waals surface area contributed by atoms with Crippen LogP contribution in [0, 0.1) is 6.92 Å². The Bertz CT molecular complexity index is 1160. The van der Waals surface area contributed by atoms with Gasteiger partial charge in [-0.05, 0) is 39.8 Å². The first-order valence-electron chi connectivity index (χ1n) is 11.0. The second kappa shape index (κ2) is 8.64. The number of rotatable bonds is 5. The van der Waals surface area contributed by atoms with Crippen molar-refractivity contribution in [2.75, 3.05) is 0 Å². The smallest absolute Gasteiger partial charge is 0.408 e. The van der Waals surface area contributed by atoms with Crippen LogP contribution in [-0.4, -0.2) is 64.7 Å². The van der Waals surface area contributed by atoms with Gasteiger partial charge in [0.1, 0.15) is 36.0 Å². The molecule has 3 aromatic rings. The van der Waals surface area contributed by atoms with Crippen molar-refractivity contribution in [1.29, 1.82) is 0 Å². The van der Waals surface area contributed by atoms with E-state index in [2.05, 4.69) is 9.97 Å². The third-order valence-corrected chi connectivity index (χ3v) is 6.28. The standard InChI is InChI=1S/C24H30N4O5/c1-14-16-9-10-27(22(16)26-13-25-14)17-11-19(21(30)20(17)29)33-18-8-6-5-7-15(18)12-28(23(31)32)24(2,3)4/h5-10,13,17,19-21,29-30H,11-12H2,1-4H3,(H,31,32)/t17-,19+,20+,21-/m1/s1. The molecule has 1 aliphatic carbocycles. The second-order valence-corrected chi connectivity index (χ2v) is 9.51. The molecule has 0 unspecified atom stereocenters. The lowest BCUT2D eigenvalue weighted by Gasteiger charge is -2.33. The molecule has 0 bridgehead atoms. The maximum absolute atomic E-state index is 11.8. The van der Waals surface area contributed by atoms with Gasteiger partial charge in [0.25, 0.3) is 0 Å². The zero-order chi connectivity index (χ0) is 23.9. The highest BCUT2D eigenvalue weighted by Gasteiger charge is 2.44. The van der Waals surface area contributed by atoms with Crippen molar-refractivity contribution in [2.24, 2.45) is 0 Å². The molecule has 4 rings (SSSR count). The van der Waals surface area contributed by atoms with Crippen molar-refractivity contribution >= 4 is 17.1 Å². The number of hydrogen-bond acceptors (Lipinski definition) is 6. The van der Waals surface area contributed by atoms with E-state index in [4.69, 9.17) is 4.74 Å². The van der Waals surface area contributed by atoms with Gasteiger partial charge in [-0.2, -0.15) is 0 Å². The number of nitrogens with zero attached hydrogens (tertiary/aromatic N) is 4. The minimum absolute atomic E-state index is 0.141. The summed E-state index contributed by atoms with van der Waals surface area (Å²) in [6, 6.07) is 8.67. The van der Waals surface area contributed by atoms with Crippen molar-refractivity contribution in [2.45, 2.75) is 70.6 Å². The Kier molecular flexibility index (Phi) is 6.02. The molecule has 33 heavy (non-hydrogen) atoms. The van der Waals surface area contributed by atoms with Crippen LogP contribution in [0.3, 0.4) is 0 Å². The third-order valence-electron chi connectivity index (χ3n) is 6.28. The fraction of sp³-hybridized carbons (Fsp3) is 0.458. The summed E-state index contributed by atoms with van der Waals surface area (Å²) in [4.78, 5) is 21.7. The van der Waals surface area contributed by atoms with Crippen LogP contribution in [0.1, 0.15) is 44.5 Å². The molecule has 1 aliphatic rings. The topological polar surface area (TPSA) is 121 Å². The summed E-state index contributed by atoms with van der Waals surface area (Å²) in [5.74, 6) is 0.487. The monoisotopic (exact) mass is 454 g/mol.